The third-order valence-electron chi connectivity index (χ3n) is 3.44. The molecule has 0 fully saturated rings. The second-order valence-electron chi connectivity index (χ2n) is 5.45. The first-order chi connectivity index (χ1) is 10.7. The van der Waals surface area contributed by atoms with E-state index in [9.17, 15) is 19.2 Å². The number of carboxylic acids is 1. The molecule has 122 valence electrons. The number of nitrogens with one attached hydrogen (secondary N) is 2. The molecule has 0 saturated carbocycles. The molecule has 2 aromatic heterocycles. The Labute approximate surface area is 130 Å². The second-order valence-corrected chi connectivity index (χ2v) is 5.45. The second kappa shape index (κ2) is 6.03. The molecule has 0 aliphatic carbocycles. The van der Waals surface area contributed by atoms with Gasteiger partial charge in [0, 0.05) is 13.2 Å². The van der Waals surface area contributed by atoms with E-state index in [4.69, 9.17) is 5.11 Å². The molecule has 23 heavy (non-hydrogen) atoms. The quantitative estimate of drug-likeness (QED) is 0.692. The number of carbonyl (C=O) groups excluding carboxylic acids is 1. The van der Waals surface area contributed by atoms with E-state index in [1.165, 1.54) is 19.3 Å². The molecule has 2 heterocycles. The number of hydrogen-bond acceptors (Lipinski definition) is 5. The number of fused-ring (bicyclic) bond motifs is 1. The van der Waals surface area contributed by atoms with Gasteiger partial charge in [-0.3, -0.25) is 19.1 Å². The molecule has 0 aromatic carbocycles. The highest BCUT2D eigenvalue weighted by Crippen LogP contribution is 2.09. The maximum absolute atomic E-state index is 12.2. The summed E-state index contributed by atoms with van der Waals surface area (Å²) in [7, 11) is 1.44. The Morgan fingerprint density at radius 2 is 2.00 bits per heavy atom. The van der Waals surface area contributed by atoms with Crippen LogP contribution in [-0.2, 0) is 11.8 Å². The fraction of sp³-hybridized carbons (Fsp3) is 0.357. The molecule has 0 unspecified atom stereocenters. The molecule has 0 aliphatic rings. The lowest BCUT2D eigenvalue weighted by Crippen LogP contribution is -2.44. The minimum atomic E-state index is -1.15. The first-order valence-corrected chi connectivity index (χ1v) is 6.85. The number of nitrogens with zero attached hydrogens (tertiary/aromatic N) is 2. The smallest absolute Gasteiger partial charge is 0.329 e. The number of hydrogen-bond donors (Lipinski definition) is 3. The minimum Gasteiger partial charge on any atom is -0.480 e. The number of H-pyrrole nitrogens is 1. The lowest BCUT2D eigenvalue weighted by molar-refractivity contribution is -0.140. The van der Waals surface area contributed by atoms with Crippen LogP contribution in [0.1, 0.15) is 24.2 Å². The van der Waals surface area contributed by atoms with Gasteiger partial charge in [0.15, 0.2) is 0 Å². The molecule has 0 spiro atoms. The van der Waals surface area contributed by atoms with Crippen LogP contribution in [0.15, 0.2) is 21.9 Å². The fourth-order valence-corrected chi connectivity index (χ4v) is 2.10. The molecule has 0 saturated heterocycles. The number of aliphatic carboxylic acids is 1. The summed E-state index contributed by atoms with van der Waals surface area (Å²) in [6.07, 6.45) is 1.19. The van der Waals surface area contributed by atoms with E-state index < -0.39 is 29.2 Å². The summed E-state index contributed by atoms with van der Waals surface area (Å²) in [5.74, 6) is -2.12. The van der Waals surface area contributed by atoms with Gasteiger partial charge < -0.3 is 10.4 Å². The summed E-state index contributed by atoms with van der Waals surface area (Å²) in [4.78, 5) is 52.7. The van der Waals surface area contributed by atoms with Gasteiger partial charge in [-0.1, -0.05) is 13.8 Å². The van der Waals surface area contributed by atoms with Crippen LogP contribution in [0.2, 0.25) is 0 Å². The predicted molar refractivity (Wildman–Crippen MR) is 81.3 cm³/mol. The molecule has 0 bridgehead atoms. The maximum Gasteiger partial charge on any atom is 0.329 e. The van der Waals surface area contributed by atoms with Gasteiger partial charge in [0.05, 0.1) is 10.9 Å². The summed E-state index contributed by atoms with van der Waals surface area (Å²) in [6.45, 7) is 3.33. The molecule has 0 radical (unpaired) electrons. The van der Waals surface area contributed by atoms with Crippen LogP contribution < -0.4 is 16.6 Å². The first-order valence-electron chi connectivity index (χ1n) is 6.85. The number of pyridine rings is 1. The average molecular weight is 320 g/mol. The average Bonchev–Trinajstić information content (AvgIpc) is 2.49. The zero-order chi connectivity index (χ0) is 17.3. The van der Waals surface area contributed by atoms with Crippen molar-refractivity contribution in [1.82, 2.24) is 19.9 Å². The maximum atomic E-state index is 12.2. The number of carbonyl (C=O) groups is 2. The van der Waals surface area contributed by atoms with E-state index >= 15 is 0 Å². The molecule has 2 aromatic rings. The Hall–Kier alpha value is -2.97. The molecular weight excluding hydrogens is 304 g/mol. The van der Waals surface area contributed by atoms with Gasteiger partial charge in [0.25, 0.3) is 11.5 Å². The third-order valence-corrected chi connectivity index (χ3v) is 3.44. The number of aromatic amines is 1. The van der Waals surface area contributed by atoms with Gasteiger partial charge in [-0.05, 0) is 12.0 Å². The van der Waals surface area contributed by atoms with Crippen LogP contribution in [0, 0.1) is 5.92 Å². The standard InChI is InChI=1S/C14H16N4O5/c1-6(2)9(13(21)22)16-11(19)7-4-8-10(15-5-7)18(3)14(23)17-12(8)20/h4-6,9H,1-3H3,(H,16,19)(H,21,22)(H,17,20,23)/t9-/m0/s1. The highest BCUT2D eigenvalue weighted by Gasteiger charge is 2.24. The van der Waals surface area contributed by atoms with Gasteiger partial charge in [-0.2, -0.15) is 0 Å². The van der Waals surface area contributed by atoms with Crippen LogP contribution in [-0.4, -0.2) is 37.6 Å². The lowest BCUT2D eigenvalue weighted by Gasteiger charge is -2.17. The van der Waals surface area contributed by atoms with Crippen molar-refractivity contribution >= 4 is 22.9 Å². The van der Waals surface area contributed by atoms with Gasteiger partial charge in [0.1, 0.15) is 11.7 Å². The van der Waals surface area contributed by atoms with Crippen molar-refractivity contribution in [3.63, 3.8) is 0 Å². The van der Waals surface area contributed by atoms with Gasteiger partial charge in [-0.25, -0.2) is 14.6 Å². The van der Waals surface area contributed by atoms with E-state index in [1.54, 1.807) is 13.8 Å². The van der Waals surface area contributed by atoms with E-state index in [1.807, 2.05) is 0 Å². The lowest BCUT2D eigenvalue weighted by atomic mass is 10.0. The fourth-order valence-electron chi connectivity index (χ4n) is 2.10. The normalized spacial score (nSPS) is 12.3. The molecule has 0 aliphatic heterocycles. The SMILES string of the molecule is CC(C)[C@H](NC(=O)c1cnc2c(c1)c(=O)[nH]c(=O)n2C)C(=O)O. The predicted octanol–water partition coefficient (Wildman–Crippen LogP) is -0.539. The number of amides is 1. The summed E-state index contributed by atoms with van der Waals surface area (Å²) in [5, 5.41) is 11.5. The first kappa shape index (κ1) is 16.4. The van der Waals surface area contributed by atoms with Crippen LogP contribution in [0.5, 0.6) is 0 Å². The van der Waals surface area contributed by atoms with Crippen LogP contribution in [0.3, 0.4) is 0 Å². The van der Waals surface area contributed by atoms with Crippen molar-refractivity contribution in [2.24, 2.45) is 13.0 Å². The molecule has 1 atom stereocenters. The zero-order valence-electron chi connectivity index (χ0n) is 12.8. The topological polar surface area (TPSA) is 134 Å². The summed E-state index contributed by atoms with van der Waals surface area (Å²) >= 11 is 0. The molecule has 1 amide bonds. The summed E-state index contributed by atoms with van der Waals surface area (Å²) < 4.78 is 1.15. The van der Waals surface area contributed by atoms with Crippen LogP contribution >= 0.6 is 0 Å². The van der Waals surface area contributed by atoms with Crippen molar-refractivity contribution in [2.45, 2.75) is 19.9 Å². The Morgan fingerprint density at radius 1 is 1.35 bits per heavy atom. The summed E-state index contributed by atoms with van der Waals surface area (Å²) in [5.41, 5.74) is -1.11. The van der Waals surface area contributed by atoms with Gasteiger partial charge in [-0.15, -0.1) is 0 Å². The highest BCUT2D eigenvalue weighted by molar-refractivity contribution is 5.98. The van der Waals surface area contributed by atoms with Gasteiger partial charge in [0.2, 0.25) is 0 Å². The number of aryl methyl sites for hydroxylation is 1. The highest BCUT2D eigenvalue weighted by atomic mass is 16.4. The Kier molecular flexibility index (Phi) is 4.30. The van der Waals surface area contributed by atoms with E-state index in [2.05, 4.69) is 15.3 Å². The minimum absolute atomic E-state index is 0.0357. The number of rotatable bonds is 4. The number of carboxylic acid groups (broad SMARTS) is 1. The Balaban J connectivity index is 2.45. The van der Waals surface area contributed by atoms with Gasteiger partial charge >= 0.3 is 11.7 Å². The third kappa shape index (κ3) is 3.12. The van der Waals surface area contributed by atoms with E-state index in [0.29, 0.717) is 0 Å². The molecule has 9 heteroatoms. The molecular formula is C14H16N4O5. The van der Waals surface area contributed by atoms with Crippen molar-refractivity contribution in [3.05, 3.63) is 38.7 Å². The monoisotopic (exact) mass is 320 g/mol. The largest absolute Gasteiger partial charge is 0.480 e. The van der Waals surface area contributed by atoms with E-state index in [0.717, 1.165) is 4.57 Å². The molecule has 2 rings (SSSR count). The van der Waals surface area contributed by atoms with Crippen molar-refractivity contribution in [2.75, 3.05) is 0 Å². The van der Waals surface area contributed by atoms with Crippen molar-refractivity contribution in [3.8, 4) is 0 Å². The van der Waals surface area contributed by atoms with E-state index in [-0.39, 0.29) is 22.5 Å². The van der Waals surface area contributed by atoms with Crippen molar-refractivity contribution in [1.29, 1.82) is 0 Å². The Morgan fingerprint density at radius 3 is 2.57 bits per heavy atom. The van der Waals surface area contributed by atoms with Crippen LogP contribution in [0.25, 0.3) is 11.0 Å². The van der Waals surface area contributed by atoms with Crippen LogP contribution in [0.4, 0.5) is 0 Å². The summed E-state index contributed by atoms with van der Waals surface area (Å²) in [6, 6.07) is 0.214. The molecule has 9 nitrogen and oxygen atoms in total. The van der Waals surface area contributed by atoms with Crippen molar-refractivity contribution < 1.29 is 14.7 Å². The number of aromatic nitrogens is 3. The zero-order valence-corrected chi connectivity index (χ0v) is 12.8. The molecule has 3 N–H and O–H groups in total. The Bertz CT molecular complexity index is 896.